The molecule has 126 valence electrons. The van der Waals surface area contributed by atoms with Crippen LogP contribution in [0.4, 0.5) is 33.1 Å². The van der Waals surface area contributed by atoms with Gasteiger partial charge in [-0.1, -0.05) is 18.2 Å². The van der Waals surface area contributed by atoms with E-state index in [2.05, 4.69) is 20.6 Å². The van der Waals surface area contributed by atoms with E-state index in [9.17, 15) is 14.5 Å². The van der Waals surface area contributed by atoms with Crippen LogP contribution in [0.25, 0.3) is 0 Å². The number of aryl methyl sites for hydroxylation is 1. The van der Waals surface area contributed by atoms with Crippen LogP contribution in [0.3, 0.4) is 0 Å². The van der Waals surface area contributed by atoms with E-state index < -0.39 is 10.7 Å². The molecule has 8 heteroatoms. The molecule has 0 fully saturated rings. The van der Waals surface area contributed by atoms with Crippen LogP contribution >= 0.6 is 0 Å². The van der Waals surface area contributed by atoms with Crippen molar-refractivity contribution in [3.63, 3.8) is 0 Å². The van der Waals surface area contributed by atoms with Crippen molar-refractivity contribution in [2.24, 2.45) is 0 Å². The number of hydrogen-bond donors (Lipinski definition) is 2. The molecule has 0 aliphatic rings. The molecule has 0 unspecified atom stereocenters. The molecule has 1 heterocycles. The number of nitrogens with zero attached hydrogens (tertiary/aromatic N) is 3. The molecule has 0 atom stereocenters. The zero-order chi connectivity index (χ0) is 17.8. The molecule has 2 N–H and O–H groups in total. The molecular weight excluding hydrogens is 325 g/mol. The summed E-state index contributed by atoms with van der Waals surface area (Å²) in [7, 11) is 0. The van der Waals surface area contributed by atoms with Crippen LogP contribution in [0, 0.1) is 22.9 Å². The zero-order valence-corrected chi connectivity index (χ0v) is 13.2. The summed E-state index contributed by atoms with van der Waals surface area (Å²) < 4.78 is 13.0. The summed E-state index contributed by atoms with van der Waals surface area (Å²) in [5.74, 6) is -0.314. The van der Waals surface area contributed by atoms with E-state index in [1.165, 1.54) is 30.6 Å². The number of halogens is 1. The highest BCUT2D eigenvalue weighted by Crippen LogP contribution is 2.33. The summed E-state index contributed by atoms with van der Waals surface area (Å²) in [5.41, 5.74) is 1.81. The second kappa shape index (κ2) is 6.91. The molecule has 2 aromatic carbocycles. The monoisotopic (exact) mass is 339 g/mol. The van der Waals surface area contributed by atoms with Gasteiger partial charge in [-0.25, -0.2) is 14.4 Å². The number of rotatable bonds is 5. The standard InChI is InChI=1S/C17H14FN5O2/c1-11-4-2-3-5-14(11)22-17-15(23(24)25)16(19-10-20-17)21-13-8-6-12(18)7-9-13/h2-10H,1H3,(H2,19,20,21,22). The van der Waals surface area contributed by atoms with E-state index in [0.29, 0.717) is 11.4 Å². The van der Waals surface area contributed by atoms with Crippen molar-refractivity contribution in [3.05, 3.63) is 76.4 Å². The van der Waals surface area contributed by atoms with Crippen molar-refractivity contribution in [1.29, 1.82) is 0 Å². The molecule has 3 rings (SSSR count). The number of nitrogens with one attached hydrogen (secondary N) is 2. The lowest BCUT2D eigenvalue weighted by Gasteiger charge is -2.11. The number of nitro groups is 1. The Hall–Kier alpha value is -3.55. The van der Waals surface area contributed by atoms with Crippen molar-refractivity contribution in [3.8, 4) is 0 Å². The Morgan fingerprint density at radius 3 is 2.28 bits per heavy atom. The van der Waals surface area contributed by atoms with Crippen LogP contribution in [0.1, 0.15) is 5.56 Å². The van der Waals surface area contributed by atoms with Crippen LogP contribution in [-0.2, 0) is 0 Å². The molecule has 0 aliphatic heterocycles. The number of para-hydroxylation sites is 1. The predicted octanol–water partition coefficient (Wildman–Crippen LogP) is 4.32. The number of anilines is 4. The van der Waals surface area contributed by atoms with Gasteiger partial charge in [0.15, 0.2) is 0 Å². The average molecular weight is 339 g/mol. The van der Waals surface area contributed by atoms with E-state index in [-0.39, 0.29) is 17.3 Å². The van der Waals surface area contributed by atoms with Gasteiger partial charge in [-0.2, -0.15) is 0 Å². The lowest BCUT2D eigenvalue weighted by atomic mass is 10.2. The molecule has 0 amide bonds. The SMILES string of the molecule is Cc1ccccc1Nc1ncnc(Nc2ccc(F)cc2)c1[N+](=O)[O-]. The molecule has 0 saturated heterocycles. The van der Waals surface area contributed by atoms with Gasteiger partial charge in [0.2, 0.25) is 11.6 Å². The summed E-state index contributed by atoms with van der Waals surface area (Å²) in [6.07, 6.45) is 1.22. The van der Waals surface area contributed by atoms with Crippen LogP contribution < -0.4 is 10.6 Å². The highest BCUT2D eigenvalue weighted by Gasteiger charge is 2.23. The molecular formula is C17H14FN5O2. The van der Waals surface area contributed by atoms with Gasteiger partial charge in [-0.15, -0.1) is 0 Å². The molecule has 3 aromatic rings. The van der Waals surface area contributed by atoms with Crippen molar-refractivity contribution in [1.82, 2.24) is 9.97 Å². The summed E-state index contributed by atoms with van der Waals surface area (Å²) in [5, 5.41) is 17.3. The quantitative estimate of drug-likeness (QED) is 0.531. The second-order valence-corrected chi connectivity index (χ2v) is 5.25. The lowest BCUT2D eigenvalue weighted by molar-refractivity contribution is -0.383. The van der Waals surface area contributed by atoms with Gasteiger partial charge in [0, 0.05) is 11.4 Å². The minimum atomic E-state index is -0.563. The Morgan fingerprint density at radius 2 is 1.64 bits per heavy atom. The Labute approximate surface area is 142 Å². The van der Waals surface area contributed by atoms with Crippen molar-refractivity contribution in [2.75, 3.05) is 10.6 Å². The molecule has 0 aliphatic carbocycles. The summed E-state index contributed by atoms with van der Waals surface area (Å²) in [6.45, 7) is 1.88. The third-order valence-electron chi connectivity index (χ3n) is 3.51. The largest absolute Gasteiger partial charge is 0.353 e. The van der Waals surface area contributed by atoms with Gasteiger partial charge in [0.25, 0.3) is 0 Å². The van der Waals surface area contributed by atoms with Crippen molar-refractivity contribution >= 4 is 28.7 Å². The highest BCUT2D eigenvalue weighted by atomic mass is 19.1. The molecule has 0 spiro atoms. The maximum absolute atomic E-state index is 13.0. The minimum Gasteiger partial charge on any atom is -0.334 e. The van der Waals surface area contributed by atoms with Gasteiger partial charge < -0.3 is 10.6 Å². The minimum absolute atomic E-state index is 0.0164. The topological polar surface area (TPSA) is 93.0 Å². The van der Waals surface area contributed by atoms with Crippen LogP contribution in [0.5, 0.6) is 0 Å². The first-order valence-electron chi connectivity index (χ1n) is 7.39. The first kappa shape index (κ1) is 16.3. The molecule has 0 radical (unpaired) electrons. The Balaban J connectivity index is 1.98. The fourth-order valence-corrected chi connectivity index (χ4v) is 2.25. The Morgan fingerprint density at radius 1 is 1.00 bits per heavy atom. The van der Waals surface area contributed by atoms with Crippen molar-refractivity contribution < 1.29 is 9.31 Å². The summed E-state index contributed by atoms with van der Waals surface area (Å²) in [6, 6.07) is 12.8. The average Bonchev–Trinajstić information content (AvgIpc) is 2.59. The third-order valence-corrected chi connectivity index (χ3v) is 3.51. The first-order chi connectivity index (χ1) is 12.0. The third kappa shape index (κ3) is 3.69. The number of hydrogen-bond acceptors (Lipinski definition) is 6. The second-order valence-electron chi connectivity index (χ2n) is 5.25. The number of aromatic nitrogens is 2. The van der Waals surface area contributed by atoms with Gasteiger partial charge in [-0.3, -0.25) is 10.1 Å². The Bertz CT molecular complexity index is 915. The van der Waals surface area contributed by atoms with Gasteiger partial charge in [0.1, 0.15) is 12.1 Å². The lowest BCUT2D eigenvalue weighted by Crippen LogP contribution is -2.06. The van der Waals surface area contributed by atoms with E-state index >= 15 is 0 Å². The Kier molecular flexibility index (Phi) is 4.51. The van der Waals surface area contributed by atoms with Crippen LogP contribution in [-0.4, -0.2) is 14.9 Å². The predicted molar refractivity (Wildman–Crippen MR) is 92.8 cm³/mol. The van der Waals surface area contributed by atoms with Gasteiger partial charge >= 0.3 is 5.69 Å². The summed E-state index contributed by atoms with van der Waals surface area (Å²) >= 11 is 0. The van der Waals surface area contributed by atoms with Gasteiger partial charge in [-0.05, 0) is 42.8 Å². The fraction of sp³-hybridized carbons (Fsp3) is 0.0588. The van der Waals surface area contributed by atoms with E-state index in [4.69, 9.17) is 0 Å². The van der Waals surface area contributed by atoms with Gasteiger partial charge in [0.05, 0.1) is 4.92 Å². The van der Waals surface area contributed by atoms with Crippen LogP contribution in [0.15, 0.2) is 54.9 Å². The number of benzene rings is 2. The highest BCUT2D eigenvalue weighted by molar-refractivity contribution is 5.77. The molecule has 25 heavy (non-hydrogen) atoms. The van der Waals surface area contributed by atoms with E-state index in [1.54, 1.807) is 6.07 Å². The maximum atomic E-state index is 13.0. The molecule has 7 nitrogen and oxygen atoms in total. The normalized spacial score (nSPS) is 10.3. The summed E-state index contributed by atoms with van der Waals surface area (Å²) in [4.78, 5) is 18.9. The fourth-order valence-electron chi connectivity index (χ4n) is 2.25. The zero-order valence-electron chi connectivity index (χ0n) is 13.2. The smallest absolute Gasteiger partial charge is 0.334 e. The van der Waals surface area contributed by atoms with Crippen LogP contribution in [0.2, 0.25) is 0 Å². The van der Waals surface area contributed by atoms with E-state index in [0.717, 1.165) is 5.56 Å². The van der Waals surface area contributed by atoms with Crippen molar-refractivity contribution in [2.45, 2.75) is 6.92 Å². The maximum Gasteiger partial charge on any atom is 0.353 e. The van der Waals surface area contributed by atoms with E-state index in [1.807, 2.05) is 25.1 Å². The molecule has 0 saturated carbocycles. The molecule has 1 aromatic heterocycles. The first-order valence-corrected chi connectivity index (χ1v) is 7.39. The molecule has 0 bridgehead atoms.